The number of carboxylic acid groups (broad SMARTS) is 1. The first kappa shape index (κ1) is 13.0. The zero-order chi connectivity index (χ0) is 13.3. The lowest BCUT2D eigenvalue weighted by Crippen LogP contribution is -2.00. The van der Waals surface area contributed by atoms with E-state index >= 15 is 0 Å². The molecule has 1 heterocycles. The van der Waals surface area contributed by atoms with Crippen LogP contribution in [0.15, 0.2) is 31.1 Å². The third-order valence-electron chi connectivity index (χ3n) is 1.98. The molecule has 0 spiro atoms. The van der Waals surface area contributed by atoms with Crippen LogP contribution in [0.3, 0.4) is 0 Å². The van der Waals surface area contributed by atoms with Crippen LogP contribution in [0, 0.1) is 12.7 Å². The summed E-state index contributed by atoms with van der Waals surface area (Å²) in [5.41, 5.74) is -0.140. The second kappa shape index (κ2) is 5.07. The molecule has 0 atom stereocenters. The predicted molar refractivity (Wildman–Crippen MR) is 64.2 cm³/mol. The molecule has 1 aromatic heterocycles. The number of carbonyl (C=O) groups is 1. The molecule has 94 valence electrons. The highest BCUT2D eigenvalue weighted by Crippen LogP contribution is 2.33. The van der Waals surface area contributed by atoms with Crippen molar-refractivity contribution >= 4 is 33.7 Å². The molecular formula is C10H6BrFN2O3S. The summed E-state index contributed by atoms with van der Waals surface area (Å²) in [6.45, 7) is 1.62. The van der Waals surface area contributed by atoms with Crippen molar-refractivity contribution in [1.82, 2.24) is 10.2 Å². The van der Waals surface area contributed by atoms with Gasteiger partial charge in [0.2, 0.25) is 5.89 Å². The lowest BCUT2D eigenvalue weighted by molar-refractivity contribution is 0.0695. The van der Waals surface area contributed by atoms with E-state index in [2.05, 4.69) is 26.1 Å². The number of carboxylic acids is 1. The van der Waals surface area contributed by atoms with Gasteiger partial charge in [0, 0.05) is 6.92 Å². The minimum atomic E-state index is -1.20. The van der Waals surface area contributed by atoms with Crippen molar-refractivity contribution in [3.63, 3.8) is 0 Å². The molecule has 0 fully saturated rings. The largest absolute Gasteiger partial charge is 0.478 e. The highest BCUT2D eigenvalue weighted by atomic mass is 79.9. The minimum absolute atomic E-state index is 0.101. The number of aryl methyl sites for hydroxylation is 1. The average Bonchev–Trinajstić information content (AvgIpc) is 2.70. The van der Waals surface area contributed by atoms with E-state index in [0.29, 0.717) is 5.89 Å². The Morgan fingerprint density at radius 3 is 2.78 bits per heavy atom. The summed E-state index contributed by atoms with van der Waals surface area (Å²) in [5.74, 6) is -1.50. The summed E-state index contributed by atoms with van der Waals surface area (Å²) in [5, 5.41) is 16.4. The van der Waals surface area contributed by atoms with Crippen molar-refractivity contribution in [2.45, 2.75) is 17.0 Å². The molecule has 0 amide bonds. The number of nitrogens with zero attached hydrogens (tertiary/aromatic N) is 2. The number of rotatable bonds is 3. The van der Waals surface area contributed by atoms with Crippen molar-refractivity contribution in [2.75, 3.05) is 0 Å². The van der Waals surface area contributed by atoms with Gasteiger partial charge in [-0.15, -0.1) is 10.2 Å². The van der Waals surface area contributed by atoms with E-state index in [4.69, 9.17) is 9.52 Å². The molecule has 0 bridgehead atoms. The first-order chi connectivity index (χ1) is 8.49. The van der Waals surface area contributed by atoms with Crippen LogP contribution in [0.1, 0.15) is 16.2 Å². The third-order valence-corrected chi connectivity index (χ3v) is 3.63. The monoisotopic (exact) mass is 332 g/mol. The van der Waals surface area contributed by atoms with Crippen LogP contribution in [0.5, 0.6) is 0 Å². The minimum Gasteiger partial charge on any atom is -0.478 e. The molecule has 5 nitrogen and oxygen atoms in total. The molecule has 18 heavy (non-hydrogen) atoms. The molecule has 0 radical (unpaired) electrons. The Bertz CT molecular complexity index is 617. The Kier molecular flexibility index (Phi) is 3.67. The van der Waals surface area contributed by atoms with E-state index in [9.17, 15) is 9.18 Å². The molecule has 1 N–H and O–H groups in total. The predicted octanol–water partition coefficient (Wildman–Crippen LogP) is 3.13. The summed E-state index contributed by atoms with van der Waals surface area (Å²) < 4.78 is 18.9. The van der Waals surface area contributed by atoms with Gasteiger partial charge in [0.1, 0.15) is 0 Å². The molecule has 2 rings (SSSR count). The van der Waals surface area contributed by atoms with Crippen LogP contribution >= 0.6 is 27.7 Å². The molecule has 1 aromatic carbocycles. The molecule has 0 saturated heterocycles. The Morgan fingerprint density at radius 1 is 1.50 bits per heavy atom. The lowest BCUT2D eigenvalue weighted by Gasteiger charge is -2.04. The number of hydrogen-bond donors (Lipinski definition) is 1. The molecule has 0 aliphatic carbocycles. The van der Waals surface area contributed by atoms with Crippen molar-refractivity contribution in [3.05, 3.63) is 33.9 Å². The van der Waals surface area contributed by atoms with Gasteiger partial charge in [0.05, 0.1) is 14.9 Å². The van der Waals surface area contributed by atoms with Crippen LogP contribution in [-0.2, 0) is 0 Å². The quantitative estimate of drug-likeness (QED) is 0.930. The highest BCUT2D eigenvalue weighted by molar-refractivity contribution is 9.10. The first-order valence-corrected chi connectivity index (χ1v) is 6.29. The zero-order valence-electron chi connectivity index (χ0n) is 8.98. The van der Waals surface area contributed by atoms with E-state index in [-0.39, 0.29) is 20.2 Å². The van der Waals surface area contributed by atoms with Crippen LogP contribution in [0.4, 0.5) is 4.39 Å². The van der Waals surface area contributed by atoms with Crippen LogP contribution < -0.4 is 0 Å². The van der Waals surface area contributed by atoms with Crippen LogP contribution in [-0.4, -0.2) is 21.3 Å². The fraction of sp³-hybridized carbons (Fsp3) is 0.100. The Balaban J connectivity index is 2.35. The number of benzene rings is 1. The maximum atomic E-state index is 13.9. The SMILES string of the molecule is Cc1nnc(Sc2ccc(C(=O)O)c(Br)c2F)o1. The second-order valence-electron chi connectivity index (χ2n) is 3.23. The van der Waals surface area contributed by atoms with Gasteiger partial charge in [-0.05, 0) is 39.8 Å². The van der Waals surface area contributed by atoms with Crippen molar-refractivity contribution < 1.29 is 18.7 Å². The molecule has 2 aromatic rings. The van der Waals surface area contributed by atoms with E-state index in [1.54, 1.807) is 6.92 Å². The van der Waals surface area contributed by atoms with Gasteiger partial charge in [-0.2, -0.15) is 0 Å². The third kappa shape index (κ3) is 2.54. The fourth-order valence-electron chi connectivity index (χ4n) is 1.19. The van der Waals surface area contributed by atoms with Crippen molar-refractivity contribution in [1.29, 1.82) is 0 Å². The number of hydrogen-bond acceptors (Lipinski definition) is 5. The summed E-state index contributed by atoms with van der Waals surface area (Å²) in [6.07, 6.45) is 0. The molecule has 0 saturated carbocycles. The maximum Gasteiger partial charge on any atom is 0.336 e. The van der Waals surface area contributed by atoms with E-state index < -0.39 is 11.8 Å². The smallest absolute Gasteiger partial charge is 0.336 e. The summed E-state index contributed by atoms with van der Waals surface area (Å²) in [7, 11) is 0. The van der Waals surface area contributed by atoms with Gasteiger partial charge in [0.15, 0.2) is 5.82 Å². The number of aromatic nitrogens is 2. The standard InChI is InChI=1S/C10H6BrFN2O3S/c1-4-13-14-10(17-4)18-6-3-2-5(9(15)16)7(11)8(6)12/h2-3H,1H3,(H,15,16). The van der Waals surface area contributed by atoms with Gasteiger partial charge in [0.25, 0.3) is 5.22 Å². The van der Waals surface area contributed by atoms with Gasteiger partial charge in [-0.3, -0.25) is 0 Å². The van der Waals surface area contributed by atoms with E-state index in [0.717, 1.165) is 11.8 Å². The summed E-state index contributed by atoms with van der Waals surface area (Å²) in [6, 6.07) is 2.66. The van der Waals surface area contributed by atoms with Crippen molar-refractivity contribution in [2.24, 2.45) is 0 Å². The molecular weight excluding hydrogens is 327 g/mol. The maximum absolute atomic E-state index is 13.9. The van der Waals surface area contributed by atoms with Gasteiger partial charge < -0.3 is 9.52 Å². The van der Waals surface area contributed by atoms with Gasteiger partial charge >= 0.3 is 5.97 Å². The van der Waals surface area contributed by atoms with Crippen LogP contribution in [0.2, 0.25) is 0 Å². The first-order valence-electron chi connectivity index (χ1n) is 4.68. The lowest BCUT2D eigenvalue weighted by atomic mass is 10.2. The van der Waals surface area contributed by atoms with Gasteiger partial charge in [-0.25, -0.2) is 9.18 Å². The second-order valence-corrected chi connectivity index (χ2v) is 5.02. The molecule has 0 unspecified atom stereocenters. The topological polar surface area (TPSA) is 76.2 Å². The number of aromatic carboxylic acids is 1. The molecule has 0 aliphatic rings. The summed E-state index contributed by atoms with van der Waals surface area (Å²) in [4.78, 5) is 11.0. The normalized spacial score (nSPS) is 10.6. The average molecular weight is 333 g/mol. The van der Waals surface area contributed by atoms with E-state index in [1.807, 2.05) is 0 Å². The van der Waals surface area contributed by atoms with Crippen LogP contribution in [0.25, 0.3) is 0 Å². The Hall–Kier alpha value is -1.41. The van der Waals surface area contributed by atoms with Gasteiger partial charge in [-0.1, -0.05) is 0 Å². The van der Waals surface area contributed by atoms with E-state index in [1.165, 1.54) is 12.1 Å². The highest BCUT2D eigenvalue weighted by Gasteiger charge is 2.18. The Morgan fingerprint density at radius 2 is 2.22 bits per heavy atom. The fourth-order valence-corrected chi connectivity index (χ4v) is 2.60. The number of halogens is 2. The van der Waals surface area contributed by atoms with Crippen molar-refractivity contribution in [3.8, 4) is 0 Å². The Labute approximate surface area is 114 Å². The summed E-state index contributed by atoms with van der Waals surface area (Å²) >= 11 is 3.85. The molecule has 8 heteroatoms. The zero-order valence-corrected chi connectivity index (χ0v) is 11.4. The molecule has 0 aliphatic heterocycles.